The first-order valence-electron chi connectivity index (χ1n) is 6.87. The average molecular weight is 223 g/mol. The van der Waals surface area contributed by atoms with Crippen LogP contribution in [0.25, 0.3) is 0 Å². The number of rotatable bonds is 6. The summed E-state index contributed by atoms with van der Waals surface area (Å²) in [7, 11) is 0. The fourth-order valence-electron chi connectivity index (χ4n) is 2.66. The number of nitrogens with one attached hydrogen (secondary N) is 1. The normalized spacial score (nSPS) is 24.5. The minimum atomic E-state index is 0.563. The Bertz CT molecular complexity index is 245. The Morgan fingerprint density at radius 2 is 2.31 bits per heavy atom. The monoisotopic (exact) mass is 223 g/mol. The Labute approximate surface area is 99.4 Å². The summed E-state index contributed by atoms with van der Waals surface area (Å²) in [5.74, 6) is 1.73. The van der Waals surface area contributed by atoms with Crippen LogP contribution < -0.4 is 5.32 Å². The zero-order valence-electron chi connectivity index (χ0n) is 10.7. The van der Waals surface area contributed by atoms with E-state index >= 15 is 0 Å². The third-order valence-electron chi connectivity index (χ3n) is 3.87. The second kappa shape index (κ2) is 5.72. The lowest BCUT2D eigenvalue weighted by atomic mass is 9.88. The van der Waals surface area contributed by atoms with Gasteiger partial charge in [0.05, 0.1) is 12.9 Å². The number of ether oxygens (including phenoxy) is 1. The molecule has 1 fully saturated rings. The molecule has 92 valence electrons. The quantitative estimate of drug-likeness (QED) is 0.747. The van der Waals surface area contributed by atoms with Gasteiger partial charge in [0.1, 0.15) is 0 Å². The summed E-state index contributed by atoms with van der Waals surface area (Å²) in [5.41, 5.74) is 1.50. The van der Waals surface area contributed by atoms with Gasteiger partial charge in [-0.25, -0.2) is 0 Å². The lowest BCUT2D eigenvalue weighted by molar-refractivity contribution is 0.213. The van der Waals surface area contributed by atoms with E-state index in [4.69, 9.17) is 4.74 Å². The molecule has 0 bridgehead atoms. The van der Waals surface area contributed by atoms with E-state index in [-0.39, 0.29) is 0 Å². The molecule has 0 aromatic rings. The maximum atomic E-state index is 5.49. The topological polar surface area (TPSA) is 21.3 Å². The third-order valence-corrected chi connectivity index (χ3v) is 3.87. The van der Waals surface area contributed by atoms with Crippen molar-refractivity contribution in [3.63, 3.8) is 0 Å². The van der Waals surface area contributed by atoms with Crippen molar-refractivity contribution in [3.05, 3.63) is 11.8 Å². The molecule has 2 rings (SSSR count). The molecule has 1 aliphatic carbocycles. The van der Waals surface area contributed by atoms with Crippen LogP contribution in [0, 0.1) is 11.8 Å². The van der Waals surface area contributed by atoms with E-state index in [1.54, 1.807) is 0 Å². The van der Waals surface area contributed by atoms with Gasteiger partial charge in [0, 0.05) is 6.04 Å². The summed E-state index contributed by atoms with van der Waals surface area (Å²) in [6, 6.07) is 0.563. The molecule has 0 saturated heterocycles. The molecule has 2 unspecified atom stereocenters. The minimum absolute atomic E-state index is 0.563. The van der Waals surface area contributed by atoms with Gasteiger partial charge >= 0.3 is 0 Å². The highest BCUT2D eigenvalue weighted by Crippen LogP contribution is 2.40. The van der Waals surface area contributed by atoms with Gasteiger partial charge in [0.2, 0.25) is 0 Å². The SMILES string of the molecule is CCCNC(C1=COCCC1)C(C)C1CC1. The Hall–Kier alpha value is -0.500. The molecule has 16 heavy (non-hydrogen) atoms. The molecule has 2 atom stereocenters. The van der Waals surface area contributed by atoms with Crippen LogP contribution in [0.3, 0.4) is 0 Å². The van der Waals surface area contributed by atoms with Gasteiger partial charge in [-0.3, -0.25) is 0 Å². The average Bonchev–Trinajstić information content (AvgIpc) is 3.14. The maximum absolute atomic E-state index is 5.49. The van der Waals surface area contributed by atoms with Crippen LogP contribution in [0.1, 0.15) is 46.0 Å². The standard InChI is InChI=1S/C14H25NO/c1-3-8-15-14(11(2)12-6-7-12)13-5-4-9-16-10-13/h10-12,14-15H,3-9H2,1-2H3. The molecule has 1 saturated carbocycles. The van der Waals surface area contributed by atoms with E-state index in [1.165, 1.54) is 37.7 Å². The van der Waals surface area contributed by atoms with Crippen molar-refractivity contribution >= 4 is 0 Å². The van der Waals surface area contributed by atoms with Gasteiger partial charge in [0.15, 0.2) is 0 Å². The summed E-state index contributed by atoms with van der Waals surface area (Å²) < 4.78 is 5.49. The van der Waals surface area contributed by atoms with Crippen molar-refractivity contribution < 1.29 is 4.74 Å². The van der Waals surface area contributed by atoms with Crippen molar-refractivity contribution in [3.8, 4) is 0 Å². The second-order valence-electron chi connectivity index (χ2n) is 5.30. The van der Waals surface area contributed by atoms with Crippen LogP contribution in [0.2, 0.25) is 0 Å². The molecular formula is C14H25NO. The smallest absolute Gasteiger partial charge is 0.0876 e. The van der Waals surface area contributed by atoms with Gasteiger partial charge in [-0.1, -0.05) is 13.8 Å². The Balaban J connectivity index is 1.97. The van der Waals surface area contributed by atoms with Gasteiger partial charge in [-0.2, -0.15) is 0 Å². The van der Waals surface area contributed by atoms with Gasteiger partial charge in [-0.05, 0) is 56.1 Å². The predicted molar refractivity (Wildman–Crippen MR) is 67.2 cm³/mol. The fourth-order valence-corrected chi connectivity index (χ4v) is 2.66. The molecule has 0 radical (unpaired) electrons. The zero-order chi connectivity index (χ0) is 11.4. The highest BCUT2D eigenvalue weighted by atomic mass is 16.5. The molecule has 2 heteroatoms. The molecule has 0 spiro atoms. The van der Waals surface area contributed by atoms with Gasteiger partial charge in [0.25, 0.3) is 0 Å². The first-order valence-corrected chi connectivity index (χ1v) is 6.87. The molecule has 1 heterocycles. The highest BCUT2D eigenvalue weighted by Gasteiger charge is 2.34. The third kappa shape index (κ3) is 3.00. The molecular weight excluding hydrogens is 198 g/mol. The lowest BCUT2D eigenvalue weighted by Crippen LogP contribution is -2.39. The molecule has 0 aromatic carbocycles. The summed E-state index contributed by atoms with van der Waals surface area (Å²) in [4.78, 5) is 0. The molecule has 0 aromatic heterocycles. The Morgan fingerprint density at radius 3 is 2.88 bits per heavy atom. The minimum Gasteiger partial charge on any atom is -0.501 e. The van der Waals surface area contributed by atoms with Crippen LogP contribution in [0.5, 0.6) is 0 Å². The van der Waals surface area contributed by atoms with Crippen LogP contribution in [-0.2, 0) is 4.74 Å². The lowest BCUT2D eigenvalue weighted by Gasteiger charge is -2.29. The van der Waals surface area contributed by atoms with E-state index in [1.807, 2.05) is 6.26 Å². The molecule has 1 aliphatic heterocycles. The Morgan fingerprint density at radius 1 is 1.50 bits per heavy atom. The predicted octanol–water partition coefficient (Wildman–Crippen LogP) is 3.10. The highest BCUT2D eigenvalue weighted by molar-refractivity contribution is 5.13. The summed E-state index contributed by atoms with van der Waals surface area (Å²) in [6.07, 6.45) is 8.50. The number of hydrogen-bond acceptors (Lipinski definition) is 2. The van der Waals surface area contributed by atoms with Crippen molar-refractivity contribution in [1.82, 2.24) is 5.32 Å². The van der Waals surface area contributed by atoms with E-state index in [0.717, 1.165) is 25.0 Å². The van der Waals surface area contributed by atoms with Crippen molar-refractivity contribution in [2.24, 2.45) is 11.8 Å². The van der Waals surface area contributed by atoms with Crippen molar-refractivity contribution in [2.45, 2.75) is 52.0 Å². The molecule has 1 N–H and O–H groups in total. The van der Waals surface area contributed by atoms with Crippen molar-refractivity contribution in [1.29, 1.82) is 0 Å². The second-order valence-corrected chi connectivity index (χ2v) is 5.30. The Kier molecular flexibility index (Phi) is 4.28. The van der Waals surface area contributed by atoms with E-state index in [0.29, 0.717) is 6.04 Å². The first-order chi connectivity index (χ1) is 7.83. The van der Waals surface area contributed by atoms with Crippen molar-refractivity contribution in [2.75, 3.05) is 13.2 Å². The zero-order valence-corrected chi connectivity index (χ0v) is 10.7. The van der Waals surface area contributed by atoms with Gasteiger partial charge in [-0.15, -0.1) is 0 Å². The summed E-state index contributed by atoms with van der Waals surface area (Å²) >= 11 is 0. The number of hydrogen-bond donors (Lipinski definition) is 1. The van der Waals surface area contributed by atoms with Gasteiger partial charge < -0.3 is 10.1 Å². The van der Waals surface area contributed by atoms with E-state index < -0.39 is 0 Å². The molecule has 2 nitrogen and oxygen atoms in total. The fraction of sp³-hybridized carbons (Fsp3) is 0.857. The van der Waals surface area contributed by atoms with E-state index in [2.05, 4.69) is 19.2 Å². The first kappa shape index (κ1) is 12.0. The van der Waals surface area contributed by atoms with Crippen LogP contribution in [0.15, 0.2) is 11.8 Å². The summed E-state index contributed by atoms with van der Waals surface area (Å²) in [6.45, 7) is 6.67. The van der Waals surface area contributed by atoms with Crippen LogP contribution >= 0.6 is 0 Å². The largest absolute Gasteiger partial charge is 0.501 e. The van der Waals surface area contributed by atoms with E-state index in [9.17, 15) is 0 Å². The summed E-state index contributed by atoms with van der Waals surface area (Å²) in [5, 5.41) is 3.71. The maximum Gasteiger partial charge on any atom is 0.0876 e. The molecule has 0 amide bonds. The molecule has 2 aliphatic rings. The van der Waals surface area contributed by atoms with Crippen LogP contribution in [0.4, 0.5) is 0 Å². The van der Waals surface area contributed by atoms with Crippen LogP contribution in [-0.4, -0.2) is 19.2 Å².